The van der Waals surface area contributed by atoms with Gasteiger partial charge in [-0.15, -0.1) is 0 Å². The normalized spacial score (nSPS) is 18.6. The Bertz CT molecular complexity index is 625. The summed E-state index contributed by atoms with van der Waals surface area (Å²) in [6, 6.07) is 0. The van der Waals surface area contributed by atoms with Gasteiger partial charge in [0.2, 0.25) is 0 Å². The molecule has 4 N–H and O–H groups in total. The summed E-state index contributed by atoms with van der Waals surface area (Å²) in [5, 5.41) is 38.3. The van der Waals surface area contributed by atoms with Crippen LogP contribution in [-0.2, 0) is 28.6 Å². The largest absolute Gasteiger partial charge is 0.480 e. The maximum Gasteiger partial charge on any atom is 0.317 e. The van der Waals surface area contributed by atoms with Gasteiger partial charge in [0.25, 0.3) is 0 Å². The van der Waals surface area contributed by atoms with E-state index in [1.165, 1.54) is 0 Å². The van der Waals surface area contributed by atoms with E-state index in [-0.39, 0.29) is 32.8 Å². The number of carbonyl (C=O) groups is 3. The van der Waals surface area contributed by atoms with E-state index in [1.54, 1.807) is 14.7 Å². The lowest BCUT2D eigenvalue weighted by Gasteiger charge is -2.33. The van der Waals surface area contributed by atoms with Gasteiger partial charge >= 0.3 is 17.9 Å². The topological polar surface area (TPSA) is 173 Å². The second kappa shape index (κ2) is 20.1. The zero-order valence-electron chi connectivity index (χ0n) is 21.8. The molecule has 1 fully saturated rings. The highest BCUT2D eigenvalue weighted by Gasteiger charge is 2.21. The highest BCUT2D eigenvalue weighted by Crippen LogP contribution is 2.03. The van der Waals surface area contributed by atoms with Crippen LogP contribution in [0.25, 0.3) is 0 Å². The van der Waals surface area contributed by atoms with E-state index in [2.05, 4.69) is 0 Å². The summed E-state index contributed by atoms with van der Waals surface area (Å²) in [6.45, 7) is 7.11. The van der Waals surface area contributed by atoms with Crippen LogP contribution in [0.15, 0.2) is 0 Å². The SMILES string of the molecule is CCOCCOCCOCC(O)CN1CCN(CC(=O)O)CCN(CC(=O)O)CCN(CC(=O)O)CC1. The van der Waals surface area contributed by atoms with E-state index in [4.69, 9.17) is 14.2 Å². The van der Waals surface area contributed by atoms with Gasteiger partial charge in [0.05, 0.1) is 58.8 Å². The molecule has 0 aromatic rings. The summed E-state index contributed by atoms with van der Waals surface area (Å²) in [6.07, 6.45) is -0.789. The van der Waals surface area contributed by atoms with Gasteiger partial charge in [-0.2, -0.15) is 0 Å². The predicted octanol–water partition coefficient (Wildman–Crippen LogP) is -2.11. The number of aliphatic carboxylic acids is 3. The molecule has 1 aliphatic rings. The molecule has 0 saturated carbocycles. The number of ether oxygens (including phenoxy) is 3. The van der Waals surface area contributed by atoms with Crippen molar-refractivity contribution in [2.75, 3.05) is 118 Å². The van der Waals surface area contributed by atoms with Crippen molar-refractivity contribution < 1.29 is 49.0 Å². The van der Waals surface area contributed by atoms with Crippen molar-refractivity contribution >= 4 is 17.9 Å². The molecule has 0 radical (unpaired) electrons. The number of nitrogens with zero attached hydrogens (tertiary/aromatic N) is 4. The molecule has 1 rings (SSSR count). The number of hydrogen-bond acceptors (Lipinski definition) is 11. The molecule has 0 amide bonds. The Morgan fingerprint density at radius 1 is 0.622 bits per heavy atom. The number of rotatable bonds is 17. The number of carboxylic acid groups (broad SMARTS) is 3. The van der Waals surface area contributed by atoms with Gasteiger partial charge < -0.3 is 34.6 Å². The smallest absolute Gasteiger partial charge is 0.317 e. The summed E-state index contributed by atoms with van der Waals surface area (Å²) in [5.74, 6) is -2.96. The fourth-order valence-corrected chi connectivity index (χ4v) is 3.86. The summed E-state index contributed by atoms with van der Waals surface area (Å²) < 4.78 is 16.1. The minimum atomic E-state index is -0.999. The predicted molar refractivity (Wildman–Crippen MR) is 133 cm³/mol. The van der Waals surface area contributed by atoms with E-state index in [0.29, 0.717) is 85.4 Å². The molecule has 1 atom stereocenters. The number of carboxylic acids is 3. The van der Waals surface area contributed by atoms with Crippen LogP contribution < -0.4 is 0 Å². The molecular weight excluding hydrogens is 492 g/mol. The second-order valence-corrected chi connectivity index (χ2v) is 8.85. The molecule has 0 aromatic carbocycles. The summed E-state index contributed by atoms with van der Waals surface area (Å²) in [4.78, 5) is 41.1. The first kappa shape index (κ1) is 33.1. The zero-order valence-corrected chi connectivity index (χ0v) is 21.8. The highest BCUT2D eigenvalue weighted by molar-refractivity contribution is 5.69. The maximum absolute atomic E-state index is 11.4. The van der Waals surface area contributed by atoms with Gasteiger partial charge in [-0.05, 0) is 6.92 Å². The first-order chi connectivity index (χ1) is 17.7. The third-order valence-electron chi connectivity index (χ3n) is 5.73. The van der Waals surface area contributed by atoms with Crippen molar-refractivity contribution in [2.24, 2.45) is 0 Å². The van der Waals surface area contributed by atoms with E-state index < -0.39 is 24.0 Å². The van der Waals surface area contributed by atoms with Crippen LogP contribution in [0.5, 0.6) is 0 Å². The van der Waals surface area contributed by atoms with Gasteiger partial charge in [-0.3, -0.25) is 34.0 Å². The van der Waals surface area contributed by atoms with Crippen molar-refractivity contribution in [3.63, 3.8) is 0 Å². The van der Waals surface area contributed by atoms with E-state index in [0.717, 1.165) is 0 Å². The Morgan fingerprint density at radius 2 is 0.973 bits per heavy atom. The Hall–Kier alpha value is -1.91. The van der Waals surface area contributed by atoms with Crippen LogP contribution in [0.3, 0.4) is 0 Å². The van der Waals surface area contributed by atoms with Gasteiger partial charge in [-0.1, -0.05) is 0 Å². The quantitative estimate of drug-likeness (QED) is 0.149. The molecule has 0 spiro atoms. The van der Waals surface area contributed by atoms with Gasteiger partial charge in [0.15, 0.2) is 0 Å². The standard InChI is InChI=1S/C23H44N4O10/c1-2-35-11-12-36-13-14-37-19-20(28)15-24-3-5-25(16-21(29)30)7-9-27(18-23(33)34)10-8-26(6-4-24)17-22(31)32/h20,28H,2-19H2,1H3,(H,29,30)(H,31,32)(H,33,34). The fourth-order valence-electron chi connectivity index (χ4n) is 3.86. The highest BCUT2D eigenvalue weighted by atomic mass is 16.5. The molecule has 1 heterocycles. The monoisotopic (exact) mass is 536 g/mol. The number of β-amino-alcohol motifs (C(OH)–C–C–N with tert-alkyl or cyclic N) is 1. The minimum absolute atomic E-state index is 0.104. The Balaban J connectivity index is 2.69. The van der Waals surface area contributed by atoms with Crippen LogP contribution in [0.1, 0.15) is 6.92 Å². The fraction of sp³-hybridized carbons (Fsp3) is 0.870. The lowest BCUT2D eigenvalue weighted by Crippen LogP contribution is -2.49. The van der Waals surface area contributed by atoms with Crippen molar-refractivity contribution in [3.05, 3.63) is 0 Å². The maximum atomic E-state index is 11.4. The molecule has 14 nitrogen and oxygen atoms in total. The molecule has 1 aliphatic heterocycles. The second-order valence-electron chi connectivity index (χ2n) is 8.85. The first-order valence-corrected chi connectivity index (χ1v) is 12.7. The minimum Gasteiger partial charge on any atom is -0.480 e. The van der Waals surface area contributed by atoms with Crippen molar-refractivity contribution in [2.45, 2.75) is 13.0 Å². The molecule has 14 heteroatoms. The zero-order chi connectivity index (χ0) is 27.5. The number of aliphatic hydroxyl groups excluding tert-OH is 1. The van der Waals surface area contributed by atoms with Crippen molar-refractivity contribution in [3.8, 4) is 0 Å². The van der Waals surface area contributed by atoms with Gasteiger partial charge in [0.1, 0.15) is 0 Å². The summed E-state index contributed by atoms with van der Waals surface area (Å²) in [7, 11) is 0. The van der Waals surface area contributed by atoms with Crippen LogP contribution >= 0.6 is 0 Å². The number of aliphatic hydroxyl groups is 1. The van der Waals surface area contributed by atoms with E-state index in [9.17, 15) is 34.8 Å². The third-order valence-corrected chi connectivity index (χ3v) is 5.73. The van der Waals surface area contributed by atoms with Crippen LogP contribution in [-0.4, -0.2) is 182 Å². The van der Waals surface area contributed by atoms with Crippen LogP contribution in [0.4, 0.5) is 0 Å². The third kappa shape index (κ3) is 18.1. The molecule has 0 aromatic heterocycles. The molecule has 1 unspecified atom stereocenters. The van der Waals surface area contributed by atoms with Gasteiger partial charge in [0, 0.05) is 65.5 Å². The van der Waals surface area contributed by atoms with E-state index >= 15 is 0 Å². The van der Waals surface area contributed by atoms with Crippen molar-refractivity contribution in [1.82, 2.24) is 19.6 Å². The first-order valence-electron chi connectivity index (χ1n) is 12.7. The summed E-state index contributed by atoms with van der Waals surface area (Å²) in [5.41, 5.74) is 0. The molecule has 37 heavy (non-hydrogen) atoms. The lowest BCUT2D eigenvalue weighted by molar-refractivity contribution is -0.140. The molecule has 1 saturated heterocycles. The number of hydrogen-bond donors (Lipinski definition) is 4. The average molecular weight is 537 g/mol. The Kier molecular flexibility index (Phi) is 18.0. The lowest BCUT2D eigenvalue weighted by atomic mass is 10.3. The van der Waals surface area contributed by atoms with Crippen molar-refractivity contribution in [1.29, 1.82) is 0 Å². The molecular formula is C23H44N4O10. The summed E-state index contributed by atoms with van der Waals surface area (Å²) >= 11 is 0. The van der Waals surface area contributed by atoms with Crippen LogP contribution in [0.2, 0.25) is 0 Å². The Morgan fingerprint density at radius 3 is 1.35 bits per heavy atom. The van der Waals surface area contributed by atoms with Crippen LogP contribution in [0, 0.1) is 0 Å². The van der Waals surface area contributed by atoms with Gasteiger partial charge in [-0.25, -0.2) is 0 Å². The molecule has 0 aliphatic carbocycles. The molecule has 0 bridgehead atoms. The Labute approximate surface area is 218 Å². The van der Waals surface area contributed by atoms with E-state index in [1.807, 2.05) is 11.8 Å². The molecule has 216 valence electrons. The average Bonchev–Trinajstić information content (AvgIpc) is 2.81.